The molecule has 0 N–H and O–H groups in total. The molecule has 0 bridgehead atoms. The quantitative estimate of drug-likeness (QED) is 0.679. The first-order chi connectivity index (χ1) is 4.42. The summed E-state index contributed by atoms with van der Waals surface area (Å²) in [6, 6.07) is 0. The van der Waals surface area contributed by atoms with Crippen LogP contribution in [0.2, 0.25) is 9.38 Å². The molecule has 62 valence electrons. The van der Waals surface area contributed by atoms with Crippen molar-refractivity contribution in [3.63, 3.8) is 0 Å². The molecule has 10 heavy (non-hydrogen) atoms. The molecule has 0 aliphatic rings. The molecular weight excluding hydrogens is 365 g/mol. The minimum atomic E-state index is -1.77. The van der Waals surface area contributed by atoms with Gasteiger partial charge in [0.25, 0.3) is 0 Å². The zero-order chi connectivity index (χ0) is 8.20. The van der Waals surface area contributed by atoms with Crippen LogP contribution in [0.15, 0.2) is 0 Å². The number of rotatable bonds is 4. The Morgan fingerprint density at radius 3 is 2.10 bits per heavy atom. The van der Waals surface area contributed by atoms with Crippen LogP contribution in [0.4, 0.5) is 0 Å². The minimum absolute atomic E-state index is 1.21. The molecule has 0 amide bonds. The van der Waals surface area contributed by atoms with E-state index in [-0.39, 0.29) is 0 Å². The Morgan fingerprint density at radius 1 is 1.30 bits per heavy atom. The van der Waals surface area contributed by atoms with Crippen molar-refractivity contribution in [2.45, 2.75) is 15.8 Å². The summed E-state index contributed by atoms with van der Waals surface area (Å²) >= 11 is 5.70. The van der Waals surface area contributed by atoms with Gasteiger partial charge in [-0.25, -0.2) is 0 Å². The molecule has 0 aliphatic heterocycles. The summed E-state index contributed by atoms with van der Waals surface area (Å²) in [5, 5.41) is 0. The Morgan fingerprint density at radius 2 is 1.80 bits per heavy atom. The van der Waals surface area contributed by atoms with E-state index in [4.69, 9.17) is 0 Å². The standard InChI is InChI=1S/C5H12N.CH3.2BrH.Sn/c1-4-5-6(2)3;;;;/h1,4-5H2,2-3H3;1H3;2*1H;/q;;;;+2/p-2. The van der Waals surface area contributed by atoms with Crippen LogP contribution in [-0.2, 0) is 0 Å². The first-order valence-corrected chi connectivity index (χ1v) is 21.1. The van der Waals surface area contributed by atoms with Gasteiger partial charge in [0.15, 0.2) is 0 Å². The summed E-state index contributed by atoms with van der Waals surface area (Å²) in [5.74, 6) is 0. The van der Waals surface area contributed by atoms with Gasteiger partial charge in [0.1, 0.15) is 0 Å². The van der Waals surface area contributed by atoms with E-state index < -0.39 is 13.9 Å². The zero-order valence-electron chi connectivity index (χ0n) is 6.82. The van der Waals surface area contributed by atoms with Crippen LogP contribution in [0.25, 0.3) is 0 Å². The third-order valence-electron chi connectivity index (χ3n) is 1.22. The van der Waals surface area contributed by atoms with Gasteiger partial charge >= 0.3 is 80.7 Å². The second-order valence-electron chi connectivity index (χ2n) is 2.98. The molecule has 0 unspecified atom stereocenters. The van der Waals surface area contributed by atoms with Crippen molar-refractivity contribution in [2.24, 2.45) is 0 Å². The van der Waals surface area contributed by atoms with Gasteiger partial charge in [-0.3, -0.25) is 0 Å². The second kappa shape index (κ2) is 5.38. The van der Waals surface area contributed by atoms with Crippen molar-refractivity contribution >= 4 is 39.3 Å². The van der Waals surface area contributed by atoms with Crippen molar-refractivity contribution in [3.8, 4) is 0 Å². The van der Waals surface area contributed by atoms with Gasteiger partial charge in [-0.15, -0.1) is 0 Å². The first kappa shape index (κ1) is 11.7. The Balaban J connectivity index is 3.21. The van der Waals surface area contributed by atoms with E-state index in [1.807, 2.05) is 0 Å². The second-order valence-corrected chi connectivity index (χ2v) is 41.1. The van der Waals surface area contributed by atoms with Gasteiger partial charge in [-0.1, -0.05) is 0 Å². The Labute approximate surface area is 79.9 Å². The molecule has 0 rings (SSSR count). The van der Waals surface area contributed by atoms with E-state index >= 15 is 0 Å². The monoisotopic (exact) mass is 379 g/mol. The average Bonchev–Trinajstić information content (AvgIpc) is 1.59. The van der Waals surface area contributed by atoms with E-state index in [0.717, 1.165) is 0 Å². The molecule has 0 saturated carbocycles. The average molecular weight is 380 g/mol. The molecule has 0 atom stereocenters. The van der Waals surface area contributed by atoms with Gasteiger partial charge in [0, 0.05) is 0 Å². The third-order valence-corrected chi connectivity index (χ3v) is 10.1. The molecule has 0 saturated heterocycles. The van der Waals surface area contributed by atoms with Gasteiger partial charge in [0.2, 0.25) is 0 Å². The van der Waals surface area contributed by atoms with Crippen LogP contribution in [0.3, 0.4) is 0 Å². The summed E-state index contributed by atoms with van der Waals surface area (Å²) in [6.45, 7) is 1.21. The van der Waals surface area contributed by atoms with Crippen LogP contribution < -0.4 is 0 Å². The van der Waals surface area contributed by atoms with E-state index in [2.05, 4.69) is 49.3 Å². The van der Waals surface area contributed by atoms with Crippen LogP contribution >= 0.6 is 25.4 Å². The molecule has 0 aromatic rings. The van der Waals surface area contributed by atoms with Crippen LogP contribution in [0.5, 0.6) is 0 Å². The van der Waals surface area contributed by atoms with E-state index in [1.54, 1.807) is 0 Å². The molecule has 0 aromatic carbocycles. The van der Waals surface area contributed by atoms with Crippen molar-refractivity contribution in [3.05, 3.63) is 0 Å². The Kier molecular flexibility index (Phi) is 6.30. The summed E-state index contributed by atoms with van der Waals surface area (Å²) < 4.78 is 1.37. The summed E-state index contributed by atoms with van der Waals surface area (Å²) in [7, 11) is 4.24. The SMILES string of the molecule is CN(C)CC[CH2][Sn]([CH3])([Br])[Br]. The van der Waals surface area contributed by atoms with Gasteiger partial charge in [-0.05, 0) is 0 Å². The molecule has 0 heterocycles. The van der Waals surface area contributed by atoms with E-state index in [1.165, 1.54) is 17.4 Å². The molecular formula is C6H15Br2NSn. The fourth-order valence-corrected chi connectivity index (χ4v) is 6.69. The third kappa shape index (κ3) is 9.72. The zero-order valence-corrected chi connectivity index (χ0v) is 12.9. The van der Waals surface area contributed by atoms with Gasteiger partial charge < -0.3 is 0 Å². The fraction of sp³-hybridized carbons (Fsp3) is 1.00. The molecule has 0 fully saturated rings. The number of halogens is 2. The fourth-order valence-electron chi connectivity index (χ4n) is 0.706. The van der Waals surface area contributed by atoms with Crippen molar-refractivity contribution < 1.29 is 0 Å². The maximum absolute atomic E-state index is 3.74. The normalized spacial score (nSPS) is 12.6. The predicted octanol–water partition coefficient (Wildman–Crippen LogP) is 2.80. The van der Waals surface area contributed by atoms with Crippen LogP contribution in [0.1, 0.15) is 6.42 Å². The van der Waals surface area contributed by atoms with E-state index in [9.17, 15) is 0 Å². The molecule has 4 heteroatoms. The number of hydrogen-bond donors (Lipinski definition) is 0. The van der Waals surface area contributed by atoms with Crippen molar-refractivity contribution in [1.29, 1.82) is 0 Å². The van der Waals surface area contributed by atoms with Crippen LogP contribution in [0, 0.1) is 0 Å². The van der Waals surface area contributed by atoms with Gasteiger partial charge in [0.05, 0.1) is 0 Å². The summed E-state index contributed by atoms with van der Waals surface area (Å²) in [5.41, 5.74) is 0. The molecule has 0 aromatic heterocycles. The van der Waals surface area contributed by atoms with Gasteiger partial charge in [-0.2, -0.15) is 0 Å². The van der Waals surface area contributed by atoms with Crippen LogP contribution in [-0.4, -0.2) is 39.5 Å². The Bertz CT molecular complexity index is 90.2. The molecule has 0 aliphatic carbocycles. The first-order valence-electron chi connectivity index (χ1n) is 3.44. The summed E-state index contributed by atoms with van der Waals surface area (Å²) in [4.78, 5) is 4.57. The molecule has 0 radical (unpaired) electrons. The topological polar surface area (TPSA) is 3.24 Å². The number of hydrogen-bond acceptors (Lipinski definition) is 1. The maximum atomic E-state index is 3.74. The van der Waals surface area contributed by atoms with Crippen molar-refractivity contribution in [2.75, 3.05) is 20.6 Å². The Hall–Kier alpha value is 1.72. The van der Waals surface area contributed by atoms with Crippen molar-refractivity contribution in [1.82, 2.24) is 4.90 Å². The number of nitrogens with zero attached hydrogens (tertiary/aromatic N) is 1. The summed E-state index contributed by atoms with van der Waals surface area (Å²) in [6.07, 6.45) is 1.32. The molecule has 1 nitrogen and oxygen atoms in total. The predicted molar refractivity (Wildman–Crippen MR) is 57.5 cm³/mol. The van der Waals surface area contributed by atoms with E-state index in [0.29, 0.717) is 0 Å². The molecule has 0 spiro atoms.